The lowest BCUT2D eigenvalue weighted by Gasteiger charge is -2.42. The normalized spacial score (nSPS) is 33.0. The predicted octanol–water partition coefficient (Wildman–Crippen LogP) is 7.83. The van der Waals surface area contributed by atoms with Crippen LogP contribution in [0.15, 0.2) is 24.3 Å². The van der Waals surface area contributed by atoms with Crippen molar-refractivity contribution in [2.45, 2.75) is 98.1 Å². The highest BCUT2D eigenvalue weighted by atomic mass is 31.2. The molecule has 1 aromatic rings. The summed E-state index contributed by atoms with van der Waals surface area (Å²) in [5.74, 6) is 1.83. The molecule has 2 fully saturated rings. The van der Waals surface area contributed by atoms with Crippen molar-refractivity contribution in [1.82, 2.24) is 0 Å². The molecule has 1 N–H and O–H groups in total. The van der Waals surface area contributed by atoms with Crippen LogP contribution in [0.1, 0.15) is 91.5 Å². The maximum absolute atomic E-state index is 14.6. The first-order chi connectivity index (χ1) is 16.0. The molecule has 34 heavy (non-hydrogen) atoms. The Morgan fingerprint density at radius 3 is 1.65 bits per heavy atom. The summed E-state index contributed by atoms with van der Waals surface area (Å²) >= 11 is 0. The Kier molecular flexibility index (Phi) is 9.71. The van der Waals surface area contributed by atoms with E-state index in [0.717, 1.165) is 38.5 Å². The van der Waals surface area contributed by atoms with Gasteiger partial charge in [-0.15, -0.1) is 0 Å². The molecule has 2 aliphatic carbocycles. The topological polar surface area (TPSA) is 65.0 Å². The van der Waals surface area contributed by atoms with Gasteiger partial charge in [-0.05, 0) is 78.9 Å². The fraction of sp³-hybridized carbons (Fsp3) is 0.786. The Bertz CT molecular complexity index is 770. The standard InChI is InChI=1S/C28H47O5P/c1-18(2)24-14-8-20(5)16-26(24)32-34(30,28(29)22-10-12-23(31-7)13-11-22)33-27-17-21(6)9-15-25(27)19(3)4/h10-13,18-21,24-29H,8-9,14-17H2,1-7H3/t20-,21-,24-,25+,26-,27-,28+,34?/m1/s1. The van der Waals surface area contributed by atoms with Gasteiger partial charge in [0.05, 0.1) is 19.3 Å². The van der Waals surface area contributed by atoms with E-state index in [2.05, 4.69) is 41.5 Å². The van der Waals surface area contributed by atoms with Crippen LogP contribution < -0.4 is 4.74 Å². The maximum Gasteiger partial charge on any atom is 0.363 e. The summed E-state index contributed by atoms with van der Waals surface area (Å²) in [7, 11) is -2.28. The van der Waals surface area contributed by atoms with Gasteiger partial charge in [-0.25, -0.2) is 0 Å². The van der Waals surface area contributed by atoms with E-state index in [-0.39, 0.29) is 12.2 Å². The first kappa shape index (κ1) is 27.7. The van der Waals surface area contributed by atoms with Crippen LogP contribution in [0, 0.1) is 35.5 Å². The van der Waals surface area contributed by atoms with Crippen molar-refractivity contribution >= 4 is 7.60 Å². The molecule has 1 unspecified atom stereocenters. The third-order valence-corrected chi connectivity index (χ3v) is 10.2. The van der Waals surface area contributed by atoms with E-state index in [1.807, 2.05) is 0 Å². The van der Waals surface area contributed by atoms with Gasteiger partial charge in [0, 0.05) is 0 Å². The van der Waals surface area contributed by atoms with Gasteiger partial charge in [-0.2, -0.15) is 0 Å². The molecular formula is C28H47O5P. The van der Waals surface area contributed by atoms with E-state index in [0.29, 0.717) is 46.8 Å². The SMILES string of the molecule is COc1ccc([C@@H](O)P(=O)(O[C@@H]2C[C@H](C)CC[C@@H]2C(C)C)O[C@@H]2C[C@H](C)CC[C@H]2C(C)C)cc1. The lowest BCUT2D eigenvalue weighted by Crippen LogP contribution is -2.37. The predicted molar refractivity (Wildman–Crippen MR) is 138 cm³/mol. The molecule has 2 aliphatic rings. The zero-order chi connectivity index (χ0) is 25.0. The molecule has 1 aromatic carbocycles. The molecule has 0 amide bonds. The molecule has 0 aliphatic heterocycles. The molecule has 0 heterocycles. The Balaban J connectivity index is 1.94. The minimum atomic E-state index is -3.89. The van der Waals surface area contributed by atoms with Crippen molar-refractivity contribution in [3.05, 3.63) is 29.8 Å². The molecular weight excluding hydrogens is 447 g/mol. The summed E-state index contributed by atoms with van der Waals surface area (Å²) in [6.45, 7) is 13.3. The molecule has 0 spiro atoms. The Morgan fingerprint density at radius 1 is 0.824 bits per heavy atom. The molecule has 0 saturated heterocycles. The van der Waals surface area contributed by atoms with Crippen molar-refractivity contribution in [1.29, 1.82) is 0 Å². The van der Waals surface area contributed by atoms with Crippen LogP contribution in [0.2, 0.25) is 0 Å². The third-order valence-electron chi connectivity index (χ3n) is 8.20. The van der Waals surface area contributed by atoms with Crippen LogP contribution in [0.25, 0.3) is 0 Å². The average Bonchev–Trinajstić information content (AvgIpc) is 2.78. The van der Waals surface area contributed by atoms with Crippen LogP contribution in [-0.4, -0.2) is 24.4 Å². The quantitative estimate of drug-likeness (QED) is 0.354. The largest absolute Gasteiger partial charge is 0.497 e. The Hall–Kier alpha value is -0.870. The molecule has 3 rings (SSSR count). The van der Waals surface area contributed by atoms with Gasteiger partial charge in [0.2, 0.25) is 0 Å². The third kappa shape index (κ3) is 6.66. The zero-order valence-corrected chi connectivity index (χ0v) is 23.2. The number of hydrogen-bond donors (Lipinski definition) is 1. The molecule has 0 bridgehead atoms. The van der Waals surface area contributed by atoms with E-state index in [9.17, 15) is 9.67 Å². The Labute approximate surface area is 207 Å². The number of benzene rings is 1. The molecule has 0 aromatic heterocycles. The number of aliphatic hydroxyl groups excluding tert-OH is 1. The van der Waals surface area contributed by atoms with Gasteiger partial charge in [-0.3, -0.25) is 4.57 Å². The first-order valence-corrected chi connectivity index (χ1v) is 14.9. The minimum absolute atomic E-state index is 0.180. The molecule has 2 saturated carbocycles. The van der Waals surface area contributed by atoms with Gasteiger partial charge < -0.3 is 18.9 Å². The van der Waals surface area contributed by atoms with Gasteiger partial charge in [-0.1, -0.05) is 66.5 Å². The highest BCUT2D eigenvalue weighted by Gasteiger charge is 2.46. The second-order valence-corrected chi connectivity index (χ2v) is 13.6. The first-order valence-electron chi connectivity index (χ1n) is 13.3. The molecule has 194 valence electrons. The monoisotopic (exact) mass is 494 g/mol. The highest BCUT2D eigenvalue weighted by Crippen LogP contribution is 2.64. The van der Waals surface area contributed by atoms with Crippen molar-refractivity contribution in [3.63, 3.8) is 0 Å². The fourth-order valence-electron chi connectivity index (χ4n) is 5.95. The van der Waals surface area contributed by atoms with Crippen LogP contribution >= 0.6 is 7.60 Å². The summed E-state index contributed by atoms with van der Waals surface area (Å²) < 4.78 is 32.9. The number of methoxy groups -OCH3 is 1. The number of rotatable bonds is 9. The van der Waals surface area contributed by atoms with Crippen molar-refractivity contribution in [3.8, 4) is 5.75 Å². The van der Waals surface area contributed by atoms with Crippen LogP contribution in [0.5, 0.6) is 5.75 Å². The minimum Gasteiger partial charge on any atom is -0.497 e. The molecule has 8 atom stereocenters. The van der Waals surface area contributed by atoms with E-state index < -0.39 is 13.4 Å². The Morgan fingerprint density at radius 2 is 1.26 bits per heavy atom. The van der Waals surface area contributed by atoms with Gasteiger partial charge >= 0.3 is 7.60 Å². The smallest absolute Gasteiger partial charge is 0.363 e. The van der Waals surface area contributed by atoms with Gasteiger partial charge in [0.15, 0.2) is 5.85 Å². The maximum atomic E-state index is 14.6. The lowest BCUT2D eigenvalue weighted by atomic mass is 9.75. The molecule has 6 heteroatoms. The van der Waals surface area contributed by atoms with Crippen LogP contribution in [0.4, 0.5) is 0 Å². The van der Waals surface area contributed by atoms with Crippen molar-refractivity contribution in [2.75, 3.05) is 7.11 Å². The lowest BCUT2D eigenvalue weighted by molar-refractivity contribution is -0.0154. The van der Waals surface area contributed by atoms with Crippen LogP contribution in [-0.2, 0) is 13.6 Å². The van der Waals surface area contributed by atoms with E-state index in [1.54, 1.807) is 31.4 Å². The number of aliphatic hydroxyl groups is 1. The molecule has 0 radical (unpaired) electrons. The van der Waals surface area contributed by atoms with Gasteiger partial charge in [0.25, 0.3) is 0 Å². The second kappa shape index (κ2) is 11.9. The van der Waals surface area contributed by atoms with E-state index in [1.165, 1.54) is 0 Å². The summed E-state index contributed by atoms with van der Waals surface area (Å²) in [4.78, 5) is 0. The summed E-state index contributed by atoms with van der Waals surface area (Å²) in [5, 5.41) is 11.5. The number of hydrogen-bond acceptors (Lipinski definition) is 5. The summed E-state index contributed by atoms with van der Waals surface area (Å²) in [6.07, 6.45) is 5.76. The fourth-order valence-corrected chi connectivity index (χ4v) is 8.01. The molecule has 5 nitrogen and oxygen atoms in total. The second-order valence-electron chi connectivity index (χ2n) is 11.6. The average molecular weight is 495 g/mol. The summed E-state index contributed by atoms with van der Waals surface area (Å²) in [6, 6.07) is 7.08. The summed E-state index contributed by atoms with van der Waals surface area (Å²) in [5.41, 5.74) is 0.541. The van der Waals surface area contributed by atoms with E-state index in [4.69, 9.17) is 13.8 Å². The number of ether oxygens (including phenoxy) is 1. The zero-order valence-electron chi connectivity index (χ0n) is 22.3. The van der Waals surface area contributed by atoms with Crippen molar-refractivity contribution in [2.24, 2.45) is 35.5 Å². The van der Waals surface area contributed by atoms with Crippen molar-refractivity contribution < 1.29 is 23.5 Å². The highest BCUT2D eigenvalue weighted by molar-refractivity contribution is 7.54. The van der Waals surface area contributed by atoms with E-state index >= 15 is 0 Å². The van der Waals surface area contributed by atoms with Gasteiger partial charge in [0.1, 0.15) is 5.75 Å². The van der Waals surface area contributed by atoms with Crippen LogP contribution in [0.3, 0.4) is 0 Å².